The number of aromatic nitrogens is 3. The highest BCUT2D eigenvalue weighted by atomic mass is 16.5. The maximum Gasteiger partial charge on any atom is 0.338 e. The molecule has 1 aliphatic carbocycles. The van der Waals surface area contributed by atoms with Crippen molar-refractivity contribution in [3.63, 3.8) is 0 Å². The number of nitrogens with zero attached hydrogens (tertiary/aromatic N) is 3. The number of rotatable bonds is 6. The number of carbonyl (C=O) groups excluding carboxylic acids is 2. The Morgan fingerprint density at radius 3 is 2.61 bits per heavy atom. The zero-order valence-corrected chi connectivity index (χ0v) is 19.1. The van der Waals surface area contributed by atoms with Crippen LogP contribution in [0, 0.1) is 6.92 Å². The van der Waals surface area contributed by atoms with Crippen molar-refractivity contribution in [1.82, 2.24) is 14.1 Å². The second-order valence-corrected chi connectivity index (χ2v) is 8.30. The van der Waals surface area contributed by atoms with E-state index in [1.165, 1.54) is 18.7 Å². The van der Waals surface area contributed by atoms with Gasteiger partial charge in [-0.3, -0.25) is 18.7 Å². The topological polar surface area (TPSA) is 112 Å². The van der Waals surface area contributed by atoms with E-state index in [-0.39, 0.29) is 22.5 Å². The van der Waals surface area contributed by atoms with Crippen LogP contribution in [0.2, 0.25) is 0 Å². The van der Waals surface area contributed by atoms with Gasteiger partial charge in [-0.1, -0.05) is 25.1 Å². The van der Waals surface area contributed by atoms with Gasteiger partial charge in [-0.25, -0.2) is 14.6 Å². The maximum atomic E-state index is 13.3. The van der Waals surface area contributed by atoms with Gasteiger partial charge in [-0.05, 0) is 43.4 Å². The van der Waals surface area contributed by atoms with Crippen LogP contribution in [0.15, 0.2) is 33.9 Å². The number of benzene rings is 1. The zero-order valence-electron chi connectivity index (χ0n) is 19.1. The Hall–Kier alpha value is -3.75. The molecule has 1 aromatic carbocycles. The highest BCUT2D eigenvalue weighted by molar-refractivity contribution is 6.02. The average molecular weight is 450 g/mol. The lowest BCUT2D eigenvalue weighted by atomic mass is 10.1. The molecule has 33 heavy (non-hydrogen) atoms. The molecule has 4 rings (SSSR count). The predicted octanol–water partition coefficient (Wildman–Crippen LogP) is 2.27. The predicted molar refractivity (Wildman–Crippen MR) is 124 cm³/mol. The molecule has 1 aliphatic rings. The minimum atomic E-state index is -0.751. The number of esters is 1. The summed E-state index contributed by atoms with van der Waals surface area (Å²) in [5, 5.41) is 2.79. The Kier molecular flexibility index (Phi) is 5.88. The number of ether oxygens (including phenoxy) is 1. The lowest BCUT2D eigenvalue weighted by Crippen LogP contribution is -2.42. The summed E-state index contributed by atoms with van der Waals surface area (Å²) in [6.45, 7) is 3.36. The smallest absolute Gasteiger partial charge is 0.338 e. The quantitative estimate of drug-likeness (QED) is 0.577. The van der Waals surface area contributed by atoms with Crippen molar-refractivity contribution in [1.29, 1.82) is 0 Å². The molecule has 9 nitrogen and oxygen atoms in total. The summed E-state index contributed by atoms with van der Waals surface area (Å²) in [6, 6.07) is 7.25. The molecular weight excluding hydrogens is 424 g/mol. The highest BCUT2D eigenvalue weighted by Crippen LogP contribution is 2.39. The highest BCUT2D eigenvalue weighted by Gasteiger charge is 2.29. The molecule has 1 fully saturated rings. The summed E-state index contributed by atoms with van der Waals surface area (Å²) < 4.78 is 6.91. The van der Waals surface area contributed by atoms with E-state index in [0.717, 1.165) is 28.5 Å². The number of anilines is 1. The number of methoxy groups -OCH3 is 1. The van der Waals surface area contributed by atoms with Crippen LogP contribution < -0.4 is 16.6 Å². The van der Waals surface area contributed by atoms with E-state index in [1.54, 1.807) is 6.07 Å². The van der Waals surface area contributed by atoms with Gasteiger partial charge in [0.15, 0.2) is 0 Å². The molecule has 0 bridgehead atoms. The number of para-hydroxylation sites is 1. The maximum absolute atomic E-state index is 13.3. The van der Waals surface area contributed by atoms with Crippen molar-refractivity contribution >= 4 is 28.6 Å². The van der Waals surface area contributed by atoms with Crippen LogP contribution in [-0.2, 0) is 29.5 Å². The summed E-state index contributed by atoms with van der Waals surface area (Å²) in [5.74, 6) is -1.01. The molecule has 0 spiro atoms. The van der Waals surface area contributed by atoms with Crippen LogP contribution in [0.3, 0.4) is 0 Å². The number of aryl methyl sites for hydroxylation is 3. The summed E-state index contributed by atoms with van der Waals surface area (Å²) in [7, 11) is 2.70. The average Bonchev–Trinajstić information content (AvgIpc) is 3.66. The van der Waals surface area contributed by atoms with Gasteiger partial charge in [0.05, 0.1) is 18.1 Å². The molecule has 1 amide bonds. The van der Waals surface area contributed by atoms with Gasteiger partial charge < -0.3 is 10.1 Å². The molecule has 3 aromatic rings. The molecule has 9 heteroatoms. The van der Waals surface area contributed by atoms with Gasteiger partial charge >= 0.3 is 11.7 Å². The van der Waals surface area contributed by atoms with Crippen LogP contribution in [0.25, 0.3) is 11.0 Å². The molecular formula is C24H26N4O5. The first-order valence-electron chi connectivity index (χ1n) is 10.9. The summed E-state index contributed by atoms with van der Waals surface area (Å²) >= 11 is 0. The molecule has 0 radical (unpaired) electrons. The van der Waals surface area contributed by atoms with Crippen molar-refractivity contribution in [3.8, 4) is 0 Å². The third kappa shape index (κ3) is 4.06. The second-order valence-electron chi connectivity index (χ2n) is 8.30. The van der Waals surface area contributed by atoms with Gasteiger partial charge in [0, 0.05) is 24.3 Å². The van der Waals surface area contributed by atoms with Crippen molar-refractivity contribution in [3.05, 3.63) is 67.5 Å². The molecule has 1 saturated carbocycles. The van der Waals surface area contributed by atoms with Gasteiger partial charge in [-0.2, -0.15) is 0 Å². The van der Waals surface area contributed by atoms with E-state index in [9.17, 15) is 19.2 Å². The third-order valence-corrected chi connectivity index (χ3v) is 6.02. The Labute approximate surface area is 190 Å². The van der Waals surface area contributed by atoms with E-state index < -0.39 is 29.7 Å². The monoisotopic (exact) mass is 450 g/mol. The zero-order chi connectivity index (χ0) is 23.9. The first kappa shape index (κ1) is 22.4. The van der Waals surface area contributed by atoms with Crippen LogP contribution >= 0.6 is 0 Å². The van der Waals surface area contributed by atoms with Crippen molar-refractivity contribution < 1.29 is 14.3 Å². The fourth-order valence-electron chi connectivity index (χ4n) is 4.02. The molecule has 0 atom stereocenters. The molecule has 1 N–H and O–H groups in total. The fourth-order valence-corrected chi connectivity index (χ4v) is 4.02. The minimum absolute atomic E-state index is 0.0358. The van der Waals surface area contributed by atoms with Crippen molar-refractivity contribution in [2.24, 2.45) is 7.05 Å². The Morgan fingerprint density at radius 1 is 1.24 bits per heavy atom. The van der Waals surface area contributed by atoms with Crippen LogP contribution in [0.5, 0.6) is 0 Å². The number of hydrogen-bond donors (Lipinski definition) is 1. The standard InChI is InChI=1S/C24H26N4O5/c1-5-14-8-6-7-13(2)20(14)26-18(29)12-28-22(30)19-16(23(31)33-4)11-17(15-9-10-15)25-21(19)27(3)24(28)32/h6-8,11,15H,5,9-10,12H2,1-4H3,(H,26,29). The Bertz CT molecular complexity index is 1400. The first-order valence-corrected chi connectivity index (χ1v) is 10.9. The van der Waals surface area contributed by atoms with E-state index in [4.69, 9.17) is 4.74 Å². The summed E-state index contributed by atoms with van der Waals surface area (Å²) in [4.78, 5) is 56.2. The molecule has 172 valence electrons. The Balaban J connectivity index is 1.81. The van der Waals surface area contributed by atoms with E-state index in [2.05, 4.69) is 10.3 Å². The summed E-state index contributed by atoms with van der Waals surface area (Å²) in [6.07, 6.45) is 2.58. The Morgan fingerprint density at radius 2 is 1.97 bits per heavy atom. The van der Waals surface area contributed by atoms with E-state index >= 15 is 0 Å². The normalized spacial score (nSPS) is 13.2. The number of amides is 1. The number of nitrogens with one attached hydrogen (secondary N) is 1. The molecule has 0 aliphatic heterocycles. The van der Waals surface area contributed by atoms with E-state index in [1.807, 2.05) is 32.0 Å². The van der Waals surface area contributed by atoms with Gasteiger partial charge in [-0.15, -0.1) is 0 Å². The van der Waals surface area contributed by atoms with Crippen LogP contribution in [-0.4, -0.2) is 33.1 Å². The van der Waals surface area contributed by atoms with E-state index in [0.29, 0.717) is 17.8 Å². The molecule has 2 aromatic heterocycles. The third-order valence-electron chi connectivity index (χ3n) is 6.02. The van der Waals surface area contributed by atoms with Gasteiger partial charge in [0.1, 0.15) is 12.2 Å². The van der Waals surface area contributed by atoms with Gasteiger partial charge in [0.2, 0.25) is 5.91 Å². The number of hydrogen-bond acceptors (Lipinski definition) is 6. The largest absolute Gasteiger partial charge is 0.465 e. The lowest BCUT2D eigenvalue weighted by Gasteiger charge is -2.15. The SMILES string of the molecule is CCc1cccc(C)c1NC(=O)Cn1c(=O)c2c(C(=O)OC)cc(C3CC3)nc2n(C)c1=O. The lowest BCUT2D eigenvalue weighted by molar-refractivity contribution is -0.116. The summed E-state index contributed by atoms with van der Waals surface area (Å²) in [5.41, 5.74) is 1.88. The van der Waals surface area contributed by atoms with Crippen LogP contribution in [0.1, 0.15) is 52.9 Å². The fraction of sp³-hybridized carbons (Fsp3) is 0.375. The van der Waals surface area contributed by atoms with Crippen molar-refractivity contribution in [2.75, 3.05) is 12.4 Å². The molecule has 0 unspecified atom stereocenters. The second kappa shape index (κ2) is 8.65. The number of fused-ring (bicyclic) bond motifs is 1. The molecule has 2 heterocycles. The van der Waals surface area contributed by atoms with Gasteiger partial charge in [0.25, 0.3) is 5.56 Å². The number of pyridine rings is 1. The van der Waals surface area contributed by atoms with Crippen molar-refractivity contribution in [2.45, 2.75) is 45.6 Å². The number of carbonyl (C=O) groups is 2. The van der Waals surface area contributed by atoms with Crippen LogP contribution in [0.4, 0.5) is 5.69 Å². The molecule has 0 saturated heterocycles. The first-order chi connectivity index (χ1) is 15.8. The minimum Gasteiger partial charge on any atom is -0.465 e.